The molecule has 4 aromatic rings. The zero-order valence-corrected chi connectivity index (χ0v) is 21.6. The van der Waals surface area contributed by atoms with E-state index in [0.29, 0.717) is 5.69 Å². The minimum atomic E-state index is -0.426. The van der Waals surface area contributed by atoms with Crippen LogP contribution >= 0.6 is 15.9 Å². The van der Waals surface area contributed by atoms with Crippen LogP contribution in [0.1, 0.15) is 22.3 Å². The molecule has 0 aliphatic carbocycles. The monoisotopic (exact) mass is 616 g/mol. The Kier molecular flexibility index (Phi) is 18.2. The van der Waals surface area contributed by atoms with E-state index in [4.69, 9.17) is 15.2 Å². The number of anilines is 3. The summed E-state index contributed by atoms with van der Waals surface area (Å²) in [7, 11) is 3.21. The number of nitro groups is 2. The summed E-state index contributed by atoms with van der Waals surface area (Å²) in [4.78, 5) is 20.0. The zero-order chi connectivity index (χ0) is 27.2. The molecule has 0 fully saturated rings. The van der Waals surface area contributed by atoms with E-state index in [2.05, 4.69) is 21.2 Å². The number of hydrogen-bond acceptors (Lipinski definition) is 8. The fourth-order valence-corrected chi connectivity index (χ4v) is 3.18. The van der Waals surface area contributed by atoms with Crippen molar-refractivity contribution in [1.82, 2.24) is 0 Å². The van der Waals surface area contributed by atoms with Crippen LogP contribution in [0.2, 0.25) is 0 Å². The van der Waals surface area contributed by atoms with Crippen LogP contribution in [0, 0.1) is 20.2 Å². The zero-order valence-electron chi connectivity index (χ0n) is 20.0. The number of hydrogen-bond donors (Lipinski definition) is 2. The van der Waals surface area contributed by atoms with Gasteiger partial charge in [0.25, 0.3) is 11.4 Å². The number of halogens is 1. The highest BCUT2D eigenvalue weighted by Crippen LogP contribution is 2.24. The lowest BCUT2D eigenvalue weighted by Gasteiger charge is -2.07. The van der Waals surface area contributed by atoms with Crippen molar-refractivity contribution in [3.8, 4) is 11.5 Å². The Morgan fingerprint density at radius 2 is 1.12 bits per heavy atom. The van der Waals surface area contributed by atoms with Gasteiger partial charge in [0, 0.05) is 57.9 Å². The van der Waals surface area contributed by atoms with Crippen LogP contribution < -0.4 is 20.5 Å². The van der Waals surface area contributed by atoms with E-state index in [1.165, 1.54) is 24.3 Å². The average molecular weight is 618 g/mol. The smallest absolute Gasteiger partial charge is 0.271 e. The summed E-state index contributed by atoms with van der Waals surface area (Å²) in [6, 6.07) is 27.3. The summed E-state index contributed by atoms with van der Waals surface area (Å²) in [5.74, 6) is 1.53. The number of nitro benzene ring substituents is 2. The molecule has 0 aromatic heterocycles. The van der Waals surface area contributed by atoms with Crippen LogP contribution in [0.15, 0.2) is 102 Å². The Bertz CT molecular complexity index is 1340. The molecule has 0 saturated heterocycles. The first-order valence-electron chi connectivity index (χ1n) is 10.7. The Hall–Kier alpha value is -4.64. The molecule has 11 heteroatoms. The third-order valence-corrected chi connectivity index (χ3v) is 5.02. The lowest BCUT2D eigenvalue weighted by molar-refractivity contribution is -0.385. The van der Waals surface area contributed by atoms with Gasteiger partial charge in [-0.15, -0.1) is 0 Å². The summed E-state index contributed by atoms with van der Waals surface area (Å²) in [5.41, 5.74) is 7.83. The lowest BCUT2D eigenvalue weighted by Crippen LogP contribution is -1.93. The second kappa shape index (κ2) is 19.4. The number of nitrogen functional groups attached to an aromatic ring is 1. The molecule has 0 spiro atoms. The third-order valence-electron chi connectivity index (χ3n) is 4.53. The van der Waals surface area contributed by atoms with Gasteiger partial charge < -0.3 is 20.5 Å². The highest BCUT2D eigenvalue weighted by atomic mass is 79.9. The van der Waals surface area contributed by atoms with E-state index < -0.39 is 9.85 Å². The predicted molar refractivity (Wildman–Crippen MR) is 168 cm³/mol. The van der Waals surface area contributed by atoms with E-state index in [9.17, 15) is 20.2 Å². The van der Waals surface area contributed by atoms with Gasteiger partial charge in [0.05, 0.1) is 24.1 Å². The highest BCUT2D eigenvalue weighted by molar-refractivity contribution is 9.10. The van der Waals surface area contributed by atoms with Gasteiger partial charge in [0.2, 0.25) is 0 Å². The minimum absolute atomic E-state index is 0. The maximum atomic E-state index is 10.7. The quantitative estimate of drug-likeness (QED) is 0.124. The van der Waals surface area contributed by atoms with Crippen LogP contribution in [0.3, 0.4) is 0 Å². The van der Waals surface area contributed by atoms with Crippen molar-refractivity contribution in [1.29, 1.82) is 0 Å². The molecule has 0 aliphatic heterocycles. The molecule has 0 saturated carbocycles. The van der Waals surface area contributed by atoms with Crippen molar-refractivity contribution in [3.05, 3.63) is 122 Å². The first kappa shape index (κ1) is 37.5. The van der Waals surface area contributed by atoms with Crippen molar-refractivity contribution < 1.29 is 19.3 Å². The topological polar surface area (TPSA) is 143 Å². The number of non-ortho nitro benzene ring substituents is 2. The molecular formula is C29H37BrN4O6. The SMILES string of the molecule is C.C.C.COc1cccc(N)c1.COc1cccc(Nc2cccc([N+](=O)[O-])c2)c1.O=[N+]([O-])c1cccc(Br)c1. The van der Waals surface area contributed by atoms with Crippen molar-refractivity contribution in [3.63, 3.8) is 0 Å². The second-order valence-corrected chi connectivity index (χ2v) is 8.09. The number of benzene rings is 4. The third kappa shape index (κ3) is 13.2. The van der Waals surface area contributed by atoms with E-state index in [-0.39, 0.29) is 33.7 Å². The molecule has 0 heterocycles. The molecule has 0 radical (unpaired) electrons. The summed E-state index contributed by atoms with van der Waals surface area (Å²) in [5, 5.41) is 23.9. The maximum absolute atomic E-state index is 10.7. The summed E-state index contributed by atoms with van der Waals surface area (Å²) < 4.78 is 10.7. The van der Waals surface area contributed by atoms with Crippen LogP contribution in [0.4, 0.5) is 28.4 Å². The standard InChI is InChI=1S/C13H12N2O3.C7H9NO.C6H4BrNO2.3CH4/c1-18-13-7-3-5-11(9-13)14-10-4-2-6-12(8-10)15(16)17;1-9-7-4-2-3-6(8)5-7;7-5-2-1-3-6(4-5)8(9)10;;;/h2-9,14H,1H3;2-5H,8H2,1H3;1-4H;3*1H4. The number of nitrogens with one attached hydrogen (secondary N) is 1. The molecular weight excluding hydrogens is 580 g/mol. The van der Waals surface area contributed by atoms with Crippen LogP contribution in [-0.2, 0) is 0 Å². The van der Waals surface area contributed by atoms with Gasteiger partial charge in [-0.25, -0.2) is 0 Å². The van der Waals surface area contributed by atoms with Gasteiger partial charge in [-0.1, -0.05) is 62.5 Å². The Morgan fingerprint density at radius 3 is 1.57 bits per heavy atom. The number of nitrogens with two attached hydrogens (primary N) is 1. The Labute approximate surface area is 244 Å². The molecule has 3 N–H and O–H groups in total. The molecule has 10 nitrogen and oxygen atoms in total. The van der Waals surface area contributed by atoms with Crippen molar-refractivity contribution in [2.24, 2.45) is 0 Å². The van der Waals surface area contributed by atoms with Crippen molar-refractivity contribution in [2.75, 3.05) is 25.3 Å². The first-order valence-corrected chi connectivity index (χ1v) is 11.5. The largest absolute Gasteiger partial charge is 0.497 e. The molecule has 0 bridgehead atoms. The normalized spacial score (nSPS) is 8.78. The minimum Gasteiger partial charge on any atom is -0.497 e. The maximum Gasteiger partial charge on any atom is 0.271 e. The van der Waals surface area contributed by atoms with E-state index in [1.54, 1.807) is 44.6 Å². The second-order valence-electron chi connectivity index (χ2n) is 7.18. The summed E-state index contributed by atoms with van der Waals surface area (Å²) in [6.45, 7) is 0. The van der Waals surface area contributed by atoms with Crippen LogP contribution in [0.25, 0.3) is 0 Å². The van der Waals surface area contributed by atoms with Crippen molar-refractivity contribution in [2.45, 2.75) is 22.3 Å². The van der Waals surface area contributed by atoms with Crippen LogP contribution in [0.5, 0.6) is 11.5 Å². The van der Waals surface area contributed by atoms with Gasteiger partial charge in [-0.05, 0) is 36.4 Å². The number of rotatable bonds is 6. The van der Waals surface area contributed by atoms with E-state index >= 15 is 0 Å². The molecule has 4 aromatic carbocycles. The van der Waals surface area contributed by atoms with Gasteiger partial charge in [-0.3, -0.25) is 20.2 Å². The fourth-order valence-electron chi connectivity index (χ4n) is 2.80. The molecule has 216 valence electrons. The average Bonchev–Trinajstić information content (AvgIpc) is 2.89. The summed E-state index contributed by atoms with van der Waals surface area (Å²) >= 11 is 3.13. The number of ether oxygens (including phenoxy) is 2. The molecule has 0 aliphatic rings. The molecule has 4 rings (SSSR count). The lowest BCUT2D eigenvalue weighted by atomic mass is 10.2. The first-order chi connectivity index (χ1) is 17.7. The summed E-state index contributed by atoms with van der Waals surface area (Å²) in [6.07, 6.45) is 0. The van der Waals surface area contributed by atoms with Gasteiger partial charge in [0.15, 0.2) is 0 Å². The number of methoxy groups -OCH3 is 2. The molecule has 0 unspecified atom stereocenters. The molecule has 0 amide bonds. The van der Waals surface area contributed by atoms with Gasteiger partial charge in [-0.2, -0.15) is 0 Å². The van der Waals surface area contributed by atoms with Gasteiger partial charge >= 0.3 is 0 Å². The Balaban J connectivity index is 0. The number of nitrogens with zero attached hydrogens (tertiary/aromatic N) is 2. The highest BCUT2D eigenvalue weighted by Gasteiger charge is 2.06. The predicted octanol–water partition coefficient (Wildman–Crippen LogP) is 8.89. The Morgan fingerprint density at radius 1 is 0.675 bits per heavy atom. The van der Waals surface area contributed by atoms with E-state index in [1.807, 2.05) is 42.5 Å². The molecule has 40 heavy (non-hydrogen) atoms. The van der Waals surface area contributed by atoms with Crippen molar-refractivity contribution >= 4 is 44.4 Å². The fraction of sp³-hybridized carbons (Fsp3) is 0.172. The van der Waals surface area contributed by atoms with Crippen LogP contribution in [-0.4, -0.2) is 24.1 Å². The van der Waals surface area contributed by atoms with Gasteiger partial charge in [0.1, 0.15) is 11.5 Å². The molecule has 0 atom stereocenters. The van der Waals surface area contributed by atoms with E-state index in [0.717, 1.165) is 27.3 Å².